The minimum atomic E-state index is -0.849. The molecule has 0 aliphatic heterocycles. The summed E-state index contributed by atoms with van der Waals surface area (Å²) in [5, 5.41) is 8.78. The minimum absolute atomic E-state index is 0.422. The first kappa shape index (κ1) is 10.1. The van der Waals surface area contributed by atoms with Crippen molar-refractivity contribution in [1.82, 2.24) is 0 Å². The molecule has 0 unspecified atom stereocenters. The van der Waals surface area contributed by atoms with Crippen LogP contribution in [0, 0.1) is 6.92 Å². The molecular weight excluding hydrogens is 260 g/mol. The number of halogens is 1. The highest BCUT2D eigenvalue weighted by atomic mass is 79.9. The molecule has 0 saturated carbocycles. The van der Waals surface area contributed by atoms with E-state index in [-0.39, 0.29) is 0 Å². The third kappa shape index (κ3) is 1.67. The van der Waals surface area contributed by atoms with Crippen LogP contribution in [0.15, 0.2) is 8.68 Å². The molecular formula is C7H7BrO2S2. The molecule has 0 radical (unpaired) electrons. The van der Waals surface area contributed by atoms with Crippen molar-refractivity contribution in [2.75, 3.05) is 6.26 Å². The summed E-state index contributed by atoms with van der Waals surface area (Å²) in [6.45, 7) is 1.81. The molecule has 1 rings (SSSR count). The second kappa shape index (κ2) is 3.81. The van der Waals surface area contributed by atoms with Gasteiger partial charge in [-0.1, -0.05) is 0 Å². The highest BCUT2D eigenvalue weighted by molar-refractivity contribution is 9.10. The van der Waals surface area contributed by atoms with Crippen LogP contribution < -0.4 is 0 Å². The van der Waals surface area contributed by atoms with Gasteiger partial charge in [-0.2, -0.15) is 0 Å². The minimum Gasteiger partial charge on any atom is -0.477 e. The normalized spacial score (nSPS) is 10.2. The number of hydrogen-bond donors (Lipinski definition) is 1. The van der Waals surface area contributed by atoms with Crippen molar-refractivity contribution in [2.45, 2.75) is 11.1 Å². The zero-order valence-electron chi connectivity index (χ0n) is 6.55. The summed E-state index contributed by atoms with van der Waals surface area (Å²) in [4.78, 5) is 11.1. The van der Waals surface area contributed by atoms with Crippen LogP contribution in [0.3, 0.4) is 0 Å². The van der Waals surface area contributed by atoms with Crippen molar-refractivity contribution in [2.24, 2.45) is 0 Å². The number of carbonyl (C=O) groups is 1. The van der Waals surface area contributed by atoms with Crippen molar-refractivity contribution in [3.05, 3.63) is 14.9 Å². The van der Waals surface area contributed by atoms with Gasteiger partial charge < -0.3 is 5.11 Å². The number of thiophene rings is 1. The van der Waals surface area contributed by atoms with E-state index in [0.717, 1.165) is 14.2 Å². The first-order valence-corrected chi connectivity index (χ1v) is 5.97. The van der Waals surface area contributed by atoms with Gasteiger partial charge in [0.25, 0.3) is 0 Å². The van der Waals surface area contributed by atoms with Crippen LogP contribution in [-0.4, -0.2) is 17.3 Å². The van der Waals surface area contributed by atoms with Gasteiger partial charge >= 0.3 is 5.97 Å². The van der Waals surface area contributed by atoms with Crippen LogP contribution in [0.25, 0.3) is 0 Å². The molecule has 1 N–H and O–H groups in total. The Bertz CT molecular complexity index is 319. The molecule has 1 aromatic heterocycles. The second-order valence-corrected chi connectivity index (χ2v) is 5.06. The Morgan fingerprint density at radius 3 is 2.50 bits per heavy atom. The van der Waals surface area contributed by atoms with Gasteiger partial charge in [-0.3, -0.25) is 0 Å². The van der Waals surface area contributed by atoms with Crippen LogP contribution in [0.1, 0.15) is 15.2 Å². The molecule has 2 nitrogen and oxygen atoms in total. The van der Waals surface area contributed by atoms with Gasteiger partial charge in [-0.05, 0) is 34.7 Å². The van der Waals surface area contributed by atoms with Crippen LogP contribution in [0.5, 0.6) is 0 Å². The van der Waals surface area contributed by atoms with Crippen LogP contribution >= 0.6 is 39.0 Å². The lowest BCUT2D eigenvalue weighted by Crippen LogP contribution is -1.93. The lowest BCUT2D eigenvalue weighted by Gasteiger charge is -1.90. The Morgan fingerprint density at radius 2 is 2.25 bits per heavy atom. The zero-order valence-corrected chi connectivity index (χ0v) is 9.77. The monoisotopic (exact) mass is 266 g/mol. The molecule has 0 fully saturated rings. The van der Waals surface area contributed by atoms with Crippen molar-refractivity contribution >= 4 is 45.0 Å². The largest absolute Gasteiger partial charge is 0.477 e. The van der Waals surface area contributed by atoms with E-state index in [1.807, 2.05) is 13.2 Å². The van der Waals surface area contributed by atoms with Gasteiger partial charge in [-0.15, -0.1) is 23.1 Å². The maximum Gasteiger partial charge on any atom is 0.346 e. The number of carboxylic acid groups (broad SMARTS) is 1. The summed E-state index contributed by atoms with van der Waals surface area (Å²) in [5.41, 5.74) is 0.817. The SMILES string of the molecule is CSc1sc(C(=O)O)c(C)c1Br. The number of thioether (sulfide) groups is 1. The van der Waals surface area contributed by atoms with E-state index in [9.17, 15) is 4.79 Å². The van der Waals surface area contributed by atoms with E-state index >= 15 is 0 Å². The quantitative estimate of drug-likeness (QED) is 0.836. The van der Waals surface area contributed by atoms with Gasteiger partial charge in [0.05, 0.1) is 4.21 Å². The standard InChI is InChI=1S/C7H7BrO2S2/c1-3-4(8)7(11-2)12-5(3)6(9)10/h1-2H3,(H,9,10). The number of carboxylic acids is 1. The van der Waals surface area contributed by atoms with Gasteiger partial charge in [0.1, 0.15) is 4.88 Å². The maximum absolute atomic E-state index is 10.7. The average molecular weight is 267 g/mol. The van der Waals surface area contributed by atoms with Gasteiger partial charge in [0, 0.05) is 4.47 Å². The first-order chi connectivity index (χ1) is 5.57. The summed E-state index contributed by atoms with van der Waals surface area (Å²) in [5.74, 6) is -0.849. The lowest BCUT2D eigenvalue weighted by atomic mass is 10.3. The summed E-state index contributed by atoms with van der Waals surface area (Å²) in [6, 6.07) is 0. The number of aromatic carboxylic acids is 1. The van der Waals surface area contributed by atoms with Crippen molar-refractivity contribution in [1.29, 1.82) is 0 Å². The fourth-order valence-electron chi connectivity index (χ4n) is 0.802. The smallest absolute Gasteiger partial charge is 0.346 e. The van der Waals surface area contributed by atoms with E-state index in [1.54, 1.807) is 11.8 Å². The maximum atomic E-state index is 10.7. The predicted octanol–water partition coefficient (Wildman–Crippen LogP) is 3.24. The topological polar surface area (TPSA) is 37.3 Å². The third-order valence-corrected chi connectivity index (χ3v) is 5.34. The second-order valence-electron chi connectivity index (χ2n) is 2.17. The molecule has 66 valence electrons. The molecule has 0 aliphatic rings. The molecule has 1 heterocycles. The Balaban J connectivity index is 3.25. The predicted molar refractivity (Wildman–Crippen MR) is 55.5 cm³/mol. The molecule has 0 bridgehead atoms. The Kier molecular flexibility index (Phi) is 3.20. The summed E-state index contributed by atoms with van der Waals surface area (Å²) in [6.07, 6.45) is 1.93. The van der Waals surface area contributed by atoms with Crippen LogP contribution in [0.2, 0.25) is 0 Å². The van der Waals surface area contributed by atoms with E-state index < -0.39 is 5.97 Å². The Morgan fingerprint density at radius 1 is 1.67 bits per heavy atom. The number of rotatable bonds is 2. The van der Waals surface area contributed by atoms with E-state index in [0.29, 0.717) is 4.88 Å². The van der Waals surface area contributed by atoms with Crippen LogP contribution in [0.4, 0.5) is 0 Å². The molecule has 1 aromatic rings. The summed E-state index contributed by atoms with van der Waals surface area (Å²) >= 11 is 6.22. The molecule has 0 aromatic carbocycles. The van der Waals surface area contributed by atoms with Gasteiger partial charge in [0.2, 0.25) is 0 Å². The molecule has 5 heteroatoms. The van der Waals surface area contributed by atoms with Crippen molar-refractivity contribution in [3.63, 3.8) is 0 Å². The third-order valence-electron chi connectivity index (χ3n) is 1.42. The zero-order chi connectivity index (χ0) is 9.30. The van der Waals surface area contributed by atoms with Crippen molar-refractivity contribution < 1.29 is 9.90 Å². The lowest BCUT2D eigenvalue weighted by molar-refractivity contribution is 0.0701. The fourth-order valence-corrected chi connectivity index (χ4v) is 3.55. The molecule has 0 saturated heterocycles. The van der Waals surface area contributed by atoms with Gasteiger partial charge in [-0.25, -0.2) is 4.79 Å². The highest BCUT2D eigenvalue weighted by Crippen LogP contribution is 2.38. The van der Waals surface area contributed by atoms with E-state index in [4.69, 9.17) is 5.11 Å². The molecule has 12 heavy (non-hydrogen) atoms. The summed E-state index contributed by atoms with van der Waals surface area (Å²) in [7, 11) is 0. The Hall–Kier alpha value is -0.000000000000000111. The highest BCUT2D eigenvalue weighted by Gasteiger charge is 2.16. The fraction of sp³-hybridized carbons (Fsp3) is 0.286. The van der Waals surface area contributed by atoms with E-state index in [2.05, 4.69) is 15.9 Å². The number of hydrogen-bond acceptors (Lipinski definition) is 3. The molecule has 0 atom stereocenters. The van der Waals surface area contributed by atoms with Crippen LogP contribution in [-0.2, 0) is 0 Å². The summed E-state index contributed by atoms with van der Waals surface area (Å²) < 4.78 is 1.93. The van der Waals surface area contributed by atoms with Crippen molar-refractivity contribution in [3.8, 4) is 0 Å². The molecule has 0 spiro atoms. The average Bonchev–Trinajstić information content (AvgIpc) is 2.30. The van der Waals surface area contributed by atoms with Gasteiger partial charge in [0.15, 0.2) is 0 Å². The first-order valence-electron chi connectivity index (χ1n) is 3.14. The van der Waals surface area contributed by atoms with E-state index in [1.165, 1.54) is 11.3 Å². The molecule has 0 amide bonds. The Labute approximate surface area is 87.1 Å². The molecule has 0 aliphatic carbocycles.